The molecule has 0 aromatic carbocycles. The lowest BCUT2D eigenvalue weighted by molar-refractivity contribution is 0.197. The van der Waals surface area contributed by atoms with Crippen molar-refractivity contribution >= 4 is 23.2 Å². The van der Waals surface area contributed by atoms with Gasteiger partial charge in [0.1, 0.15) is 12.4 Å². The van der Waals surface area contributed by atoms with Crippen LogP contribution < -0.4 is 16.6 Å². The van der Waals surface area contributed by atoms with Gasteiger partial charge in [0.15, 0.2) is 16.9 Å². The van der Waals surface area contributed by atoms with Gasteiger partial charge in [0, 0.05) is 39.0 Å². The van der Waals surface area contributed by atoms with Crippen LogP contribution in [0.4, 0.5) is 10.3 Å². The number of aromatic nitrogens is 4. The lowest BCUT2D eigenvalue weighted by Crippen LogP contribution is -2.38. The maximum atomic E-state index is 15.1. The van der Waals surface area contributed by atoms with Crippen molar-refractivity contribution in [3.63, 3.8) is 0 Å². The third kappa shape index (κ3) is 7.72. The van der Waals surface area contributed by atoms with E-state index in [1.54, 1.807) is 44.8 Å². The predicted molar refractivity (Wildman–Crippen MR) is 158 cm³/mol. The lowest BCUT2D eigenvalue weighted by atomic mass is 10.2. The fourth-order valence-electron chi connectivity index (χ4n) is 4.62. The number of nitrogens with zero attached hydrogens (tertiary/aromatic N) is 8. The second-order valence-electron chi connectivity index (χ2n) is 9.05. The van der Waals surface area contributed by atoms with Crippen LogP contribution in [0.15, 0.2) is 51.9 Å². The van der Waals surface area contributed by atoms with Crippen LogP contribution in [0.3, 0.4) is 0 Å². The second-order valence-corrected chi connectivity index (χ2v) is 9.05. The van der Waals surface area contributed by atoms with Crippen molar-refractivity contribution < 1.29 is 9.23 Å². The fraction of sp³-hybridized carbons (Fsp3) is 0.500. The summed E-state index contributed by atoms with van der Waals surface area (Å²) in [7, 11) is 1.77. The first-order valence-electron chi connectivity index (χ1n) is 13.6. The molecule has 1 fully saturated rings. The summed E-state index contributed by atoms with van der Waals surface area (Å²) in [6.45, 7) is 12.3. The topological polar surface area (TPSA) is 114 Å². The molecule has 0 amide bonds. The summed E-state index contributed by atoms with van der Waals surface area (Å²) in [5.41, 5.74) is 11.2. The Bertz CT molecular complexity index is 1380. The number of oxime groups is 1. The average molecular weight is 553 g/mol. The molecule has 0 saturated carbocycles. The van der Waals surface area contributed by atoms with Gasteiger partial charge in [-0.15, -0.1) is 5.92 Å². The van der Waals surface area contributed by atoms with Gasteiger partial charge in [-0.05, 0) is 59.7 Å². The first-order valence-corrected chi connectivity index (χ1v) is 13.6. The molecule has 0 spiro atoms. The van der Waals surface area contributed by atoms with Gasteiger partial charge in [-0.25, -0.2) is 13.7 Å². The Kier molecular flexibility index (Phi) is 11.8. The molecular weight excluding hydrogens is 511 g/mol. The van der Waals surface area contributed by atoms with Crippen molar-refractivity contribution in [1.29, 1.82) is 0 Å². The fourth-order valence-corrected chi connectivity index (χ4v) is 4.62. The summed E-state index contributed by atoms with van der Waals surface area (Å²) in [6, 6.07) is 0. The second kappa shape index (κ2) is 15.5. The molecule has 1 aliphatic rings. The zero-order valence-corrected chi connectivity index (χ0v) is 24.2. The molecule has 1 aliphatic heterocycles. The molecule has 12 heteroatoms. The minimum Gasteiger partial charge on any atom is -0.369 e. The van der Waals surface area contributed by atoms with E-state index in [0.29, 0.717) is 41.6 Å². The first-order chi connectivity index (χ1) is 19.5. The summed E-state index contributed by atoms with van der Waals surface area (Å²) in [4.78, 5) is 18.9. The minimum absolute atomic E-state index is 0.304. The van der Waals surface area contributed by atoms with Crippen LogP contribution in [-0.2, 0) is 11.4 Å². The normalized spacial score (nSPS) is 16.7. The van der Waals surface area contributed by atoms with Gasteiger partial charge in [0.2, 0.25) is 5.95 Å². The molecule has 2 aromatic heterocycles. The third-order valence-corrected chi connectivity index (χ3v) is 6.53. The van der Waals surface area contributed by atoms with Gasteiger partial charge in [0.05, 0.1) is 23.8 Å². The van der Waals surface area contributed by atoms with E-state index in [9.17, 15) is 0 Å². The largest absolute Gasteiger partial charge is 0.369 e. The molecule has 2 aromatic rings. The zero-order valence-electron chi connectivity index (χ0n) is 24.2. The standard InChI is InChI=1S/C28H41FN10O/c1-6-10-13-32-26-23-21-33-38(27(23)35-28(30)39(26)31-5)19-18-36-14-11-16-37(17-12-15-36)25(8-3)24(29)20-22(7-2)40-34-9-4/h7-9,20-21,31H,11-19H2,1-5H3,(H2,30,35)/b22-7-,24-20+,25-8+,32-26?,34-9+. The molecule has 1 saturated heterocycles. The highest BCUT2D eigenvalue weighted by molar-refractivity contribution is 5.74. The number of hydrogen-bond donors (Lipinski definition) is 2. The molecule has 3 rings (SSSR count). The van der Waals surface area contributed by atoms with Gasteiger partial charge in [-0.1, -0.05) is 17.2 Å². The van der Waals surface area contributed by atoms with E-state index in [4.69, 9.17) is 10.6 Å². The smallest absolute Gasteiger partial charge is 0.223 e. The quantitative estimate of drug-likeness (QED) is 0.153. The van der Waals surface area contributed by atoms with E-state index in [1.165, 1.54) is 12.3 Å². The summed E-state index contributed by atoms with van der Waals surface area (Å²) >= 11 is 0. The summed E-state index contributed by atoms with van der Waals surface area (Å²) in [5, 5.41) is 9.14. The van der Waals surface area contributed by atoms with Gasteiger partial charge >= 0.3 is 0 Å². The van der Waals surface area contributed by atoms with E-state index < -0.39 is 0 Å². The van der Waals surface area contributed by atoms with E-state index in [0.717, 1.165) is 51.0 Å². The van der Waals surface area contributed by atoms with Crippen LogP contribution in [0.1, 0.15) is 40.5 Å². The van der Waals surface area contributed by atoms with Gasteiger partial charge in [-0.2, -0.15) is 10.1 Å². The highest BCUT2D eigenvalue weighted by atomic mass is 19.1. The van der Waals surface area contributed by atoms with Crippen molar-refractivity contribution in [2.75, 3.05) is 57.5 Å². The maximum Gasteiger partial charge on any atom is 0.223 e. The van der Waals surface area contributed by atoms with Gasteiger partial charge in [0.25, 0.3) is 0 Å². The number of halogens is 1. The Morgan fingerprint density at radius 3 is 2.55 bits per heavy atom. The number of hydrogen-bond acceptors (Lipinski definition) is 9. The van der Waals surface area contributed by atoms with Gasteiger partial charge in [-0.3, -0.25) is 4.99 Å². The Labute approximate surface area is 235 Å². The lowest BCUT2D eigenvalue weighted by Gasteiger charge is -2.32. The Morgan fingerprint density at radius 1 is 1.18 bits per heavy atom. The number of nitrogen functional groups attached to an aromatic ring is 1. The number of rotatable bonds is 10. The Hall–Kier alpha value is -4.11. The number of fused-ring (bicyclic) bond motifs is 1. The van der Waals surface area contributed by atoms with Crippen molar-refractivity contribution in [2.24, 2.45) is 10.1 Å². The van der Waals surface area contributed by atoms with Gasteiger partial charge < -0.3 is 25.8 Å². The van der Waals surface area contributed by atoms with Crippen LogP contribution in [-0.4, -0.2) is 81.8 Å². The van der Waals surface area contributed by atoms with E-state index >= 15 is 4.39 Å². The average Bonchev–Trinajstić information content (AvgIpc) is 3.34. The van der Waals surface area contributed by atoms with Crippen LogP contribution in [0.5, 0.6) is 0 Å². The van der Waals surface area contributed by atoms with E-state index in [-0.39, 0.29) is 5.83 Å². The molecule has 0 radical (unpaired) electrons. The highest BCUT2D eigenvalue weighted by Crippen LogP contribution is 2.21. The number of anilines is 1. The molecule has 3 N–H and O–H groups in total. The maximum absolute atomic E-state index is 15.1. The van der Waals surface area contributed by atoms with Crippen molar-refractivity contribution in [2.45, 2.75) is 47.1 Å². The minimum atomic E-state index is -0.330. The molecular formula is C28H41FN10O. The molecule has 0 aliphatic carbocycles. The summed E-state index contributed by atoms with van der Waals surface area (Å²) < 4.78 is 18.7. The molecule has 0 atom stereocenters. The van der Waals surface area contributed by atoms with Crippen LogP contribution >= 0.6 is 0 Å². The van der Waals surface area contributed by atoms with E-state index in [1.807, 2.05) is 17.7 Å². The summed E-state index contributed by atoms with van der Waals surface area (Å²) in [5.74, 6) is 6.16. The molecule has 3 heterocycles. The van der Waals surface area contributed by atoms with Crippen molar-refractivity contribution in [3.8, 4) is 11.8 Å². The number of allylic oxidation sites excluding steroid dienone is 4. The van der Waals surface area contributed by atoms with Crippen molar-refractivity contribution in [1.82, 2.24) is 29.2 Å². The molecule has 11 nitrogen and oxygen atoms in total. The molecule has 40 heavy (non-hydrogen) atoms. The van der Waals surface area contributed by atoms with Crippen molar-refractivity contribution in [3.05, 3.63) is 47.2 Å². The Balaban J connectivity index is 1.66. The monoisotopic (exact) mass is 552 g/mol. The number of nitrogens with one attached hydrogen (secondary N) is 1. The van der Waals surface area contributed by atoms with Crippen LogP contribution in [0.25, 0.3) is 11.0 Å². The first kappa shape index (κ1) is 30.4. The van der Waals surface area contributed by atoms with Crippen LogP contribution in [0, 0.1) is 11.8 Å². The Morgan fingerprint density at radius 2 is 1.93 bits per heavy atom. The SMILES string of the molecule is CC#CCN=c1c2cnn(CCN3CCCN(C(=C/C)/C(F)=C\C(=C\C)O/N=C/C)CCC3)c2nc(N)n1NC. The predicted octanol–water partition coefficient (Wildman–Crippen LogP) is 2.99. The molecule has 216 valence electrons. The molecule has 0 bridgehead atoms. The van der Waals surface area contributed by atoms with Crippen LogP contribution in [0.2, 0.25) is 0 Å². The van der Waals surface area contributed by atoms with E-state index in [2.05, 4.69) is 47.3 Å². The number of nitrogens with two attached hydrogens (primary N) is 1. The molecule has 0 unspecified atom stereocenters. The summed E-state index contributed by atoms with van der Waals surface area (Å²) in [6.07, 6.45) is 10.0. The highest BCUT2D eigenvalue weighted by Gasteiger charge is 2.19. The zero-order chi connectivity index (χ0) is 28.9. The third-order valence-electron chi connectivity index (χ3n) is 6.53.